The molecule has 0 spiro atoms. The second-order valence-corrected chi connectivity index (χ2v) is 3.14. The molecule has 0 heterocycles. The molecule has 70 valence electrons. The van der Waals surface area contributed by atoms with Crippen molar-refractivity contribution in [2.24, 2.45) is 0 Å². The van der Waals surface area contributed by atoms with Crippen molar-refractivity contribution in [2.45, 2.75) is 0 Å². The molecule has 0 aromatic heterocycles. The van der Waals surface area contributed by atoms with Crippen LogP contribution in [0.2, 0.25) is 0 Å². The van der Waals surface area contributed by atoms with Crippen LogP contribution in [0.4, 0.5) is 0 Å². The van der Waals surface area contributed by atoms with Crippen LogP contribution in [0.5, 0.6) is 5.75 Å². The van der Waals surface area contributed by atoms with Crippen molar-refractivity contribution in [3.63, 3.8) is 0 Å². The van der Waals surface area contributed by atoms with Gasteiger partial charge in [0.2, 0.25) is 0 Å². The summed E-state index contributed by atoms with van der Waals surface area (Å²) in [4.78, 5) is 0. The van der Waals surface area contributed by atoms with Gasteiger partial charge < -0.3 is 4.74 Å². The Labute approximate surface area is 83.6 Å². The SMILES string of the molecule is C=Cc1cccc2ccc(OC)cc12. The molecular formula is C13H12O. The maximum atomic E-state index is 5.19. The minimum absolute atomic E-state index is 0.881. The van der Waals surface area contributed by atoms with E-state index in [4.69, 9.17) is 4.74 Å². The molecular weight excluding hydrogens is 172 g/mol. The van der Waals surface area contributed by atoms with E-state index in [9.17, 15) is 0 Å². The van der Waals surface area contributed by atoms with Crippen LogP contribution in [0, 0.1) is 0 Å². The van der Waals surface area contributed by atoms with Crippen molar-refractivity contribution in [1.82, 2.24) is 0 Å². The monoisotopic (exact) mass is 184 g/mol. The minimum Gasteiger partial charge on any atom is -0.497 e. The molecule has 0 fully saturated rings. The molecule has 0 N–H and O–H groups in total. The van der Waals surface area contributed by atoms with Gasteiger partial charge in [-0.25, -0.2) is 0 Å². The van der Waals surface area contributed by atoms with E-state index in [0.29, 0.717) is 0 Å². The van der Waals surface area contributed by atoms with E-state index in [1.54, 1.807) is 7.11 Å². The van der Waals surface area contributed by atoms with Crippen molar-refractivity contribution in [3.05, 3.63) is 48.5 Å². The van der Waals surface area contributed by atoms with E-state index in [-0.39, 0.29) is 0 Å². The predicted octanol–water partition coefficient (Wildman–Crippen LogP) is 3.49. The molecule has 0 aliphatic rings. The maximum absolute atomic E-state index is 5.19. The van der Waals surface area contributed by atoms with Crippen molar-refractivity contribution in [3.8, 4) is 5.75 Å². The van der Waals surface area contributed by atoms with Gasteiger partial charge in [0.25, 0.3) is 0 Å². The van der Waals surface area contributed by atoms with Crippen LogP contribution in [0.1, 0.15) is 5.56 Å². The fraction of sp³-hybridized carbons (Fsp3) is 0.0769. The van der Waals surface area contributed by atoms with Crippen LogP contribution >= 0.6 is 0 Å². The summed E-state index contributed by atoms with van der Waals surface area (Å²) >= 11 is 0. The number of fused-ring (bicyclic) bond motifs is 1. The Kier molecular flexibility index (Phi) is 2.23. The summed E-state index contributed by atoms with van der Waals surface area (Å²) in [5.74, 6) is 0.881. The second-order valence-electron chi connectivity index (χ2n) is 3.14. The highest BCUT2D eigenvalue weighted by molar-refractivity contribution is 5.91. The van der Waals surface area contributed by atoms with E-state index < -0.39 is 0 Å². The highest BCUT2D eigenvalue weighted by Gasteiger charge is 1.98. The smallest absolute Gasteiger partial charge is 0.119 e. The zero-order chi connectivity index (χ0) is 9.97. The number of hydrogen-bond acceptors (Lipinski definition) is 1. The largest absolute Gasteiger partial charge is 0.497 e. The van der Waals surface area contributed by atoms with Crippen LogP contribution < -0.4 is 4.74 Å². The predicted molar refractivity (Wildman–Crippen MR) is 60.6 cm³/mol. The van der Waals surface area contributed by atoms with Gasteiger partial charge in [0, 0.05) is 0 Å². The summed E-state index contributed by atoms with van der Waals surface area (Å²) < 4.78 is 5.19. The van der Waals surface area contributed by atoms with E-state index in [2.05, 4.69) is 24.8 Å². The van der Waals surface area contributed by atoms with Crippen LogP contribution in [0.25, 0.3) is 16.8 Å². The Hall–Kier alpha value is -1.76. The van der Waals surface area contributed by atoms with Gasteiger partial charge in [-0.05, 0) is 28.5 Å². The topological polar surface area (TPSA) is 9.23 Å². The lowest BCUT2D eigenvalue weighted by Crippen LogP contribution is -1.83. The summed E-state index contributed by atoms with van der Waals surface area (Å²) in [5.41, 5.74) is 1.14. The Morgan fingerprint density at radius 1 is 1.21 bits per heavy atom. The standard InChI is InChI=1S/C13H12O/c1-3-10-5-4-6-11-7-8-12(14-2)9-13(10)11/h3-9H,1H2,2H3. The van der Waals surface area contributed by atoms with Crippen molar-refractivity contribution in [1.29, 1.82) is 0 Å². The lowest BCUT2D eigenvalue weighted by atomic mass is 10.0. The maximum Gasteiger partial charge on any atom is 0.119 e. The molecule has 0 unspecified atom stereocenters. The van der Waals surface area contributed by atoms with Crippen molar-refractivity contribution < 1.29 is 4.74 Å². The first kappa shape index (κ1) is 8.82. The molecule has 2 rings (SSSR count). The molecule has 1 nitrogen and oxygen atoms in total. The fourth-order valence-corrected chi connectivity index (χ4v) is 1.58. The Bertz CT molecular complexity index is 472. The first-order chi connectivity index (χ1) is 6.85. The summed E-state index contributed by atoms with van der Waals surface area (Å²) in [5, 5.41) is 2.39. The quantitative estimate of drug-likeness (QED) is 0.694. The summed E-state index contributed by atoms with van der Waals surface area (Å²) in [7, 11) is 1.68. The van der Waals surface area contributed by atoms with Crippen LogP contribution in [-0.2, 0) is 0 Å². The normalized spacial score (nSPS) is 10.1. The van der Waals surface area contributed by atoms with Gasteiger partial charge in [-0.3, -0.25) is 0 Å². The zero-order valence-electron chi connectivity index (χ0n) is 8.16. The second kappa shape index (κ2) is 3.54. The van der Waals surface area contributed by atoms with Gasteiger partial charge in [0.05, 0.1) is 7.11 Å². The van der Waals surface area contributed by atoms with Gasteiger partial charge in [-0.15, -0.1) is 0 Å². The van der Waals surface area contributed by atoms with Crippen LogP contribution in [0.3, 0.4) is 0 Å². The molecule has 2 aromatic carbocycles. The van der Waals surface area contributed by atoms with Gasteiger partial charge >= 0.3 is 0 Å². The van der Waals surface area contributed by atoms with Gasteiger partial charge in [-0.1, -0.05) is 36.9 Å². The molecule has 0 aliphatic carbocycles. The lowest BCUT2D eigenvalue weighted by Gasteiger charge is -2.04. The first-order valence-corrected chi connectivity index (χ1v) is 4.54. The molecule has 0 aliphatic heterocycles. The Balaban J connectivity index is 2.76. The fourth-order valence-electron chi connectivity index (χ4n) is 1.58. The zero-order valence-corrected chi connectivity index (χ0v) is 8.16. The highest BCUT2D eigenvalue weighted by Crippen LogP contribution is 2.24. The molecule has 14 heavy (non-hydrogen) atoms. The molecule has 1 heteroatoms. The van der Waals surface area contributed by atoms with Crippen molar-refractivity contribution in [2.75, 3.05) is 7.11 Å². The number of methoxy groups -OCH3 is 1. The first-order valence-electron chi connectivity index (χ1n) is 4.54. The minimum atomic E-state index is 0.881. The molecule has 0 saturated heterocycles. The van der Waals surface area contributed by atoms with Gasteiger partial charge in [-0.2, -0.15) is 0 Å². The summed E-state index contributed by atoms with van der Waals surface area (Å²) in [6, 6.07) is 12.2. The average molecular weight is 184 g/mol. The van der Waals surface area contributed by atoms with E-state index in [1.165, 1.54) is 10.8 Å². The van der Waals surface area contributed by atoms with Gasteiger partial charge in [0.1, 0.15) is 5.75 Å². The Morgan fingerprint density at radius 3 is 2.79 bits per heavy atom. The summed E-state index contributed by atoms with van der Waals surface area (Å²) in [6.45, 7) is 3.80. The molecule has 2 aromatic rings. The molecule has 0 atom stereocenters. The van der Waals surface area contributed by atoms with E-state index in [1.807, 2.05) is 24.3 Å². The number of rotatable bonds is 2. The van der Waals surface area contributed by atoms with Crippen LogP contribution in [-0.4, -0.2) is 7.11 Å². The number of benzene rings is 2. The number of hydrogen-bond donors (Lipinski definition) is 0. The van der Waals surface area contributed by atoms with Gasteiger partial charge in [0.15, 0.2) is 0 Å². The third-order valence-electron chi connectivity index (χ3n) is 2.34. The molecule has 0 amide bonds. The highest BCUT2D eigenvalue weighted by atomic mass is 16.5. The molecule has 0 bridgehead atoms. The average Bonchev–Trinajstić information content (AvgIpc) is 2.27. The molecule has 0 saturated carbocycles. The number of ether oxygens (including phenoxy) is 1. The van der Waals surface area contributed by atoms with E-state index in [0.717, 1.165) is 11.3 Å². The lowest BCUT2D eigenvalue weighted by molar-refractivity contribution is 0.415. The van der Waals surface area contributed by atoms with Crippen molar-refractivity contribution >= 4 is 16.8 Å². The molecule has 0 radical (unpaired) electrons. The summed E-state index contributed by atoms with van der Waals surface area (Å²) in [6.07, 6.45) is 1.86. The van der Waals surface area contributed by atoms with E-state index >= 15 is 0 Å². The third kappa shape index (κ3) is 1.37. The Morgan fingerprint density at radius 2 is 2.07 bits per heavy atom. The third-order valence-corrected chi connectivity index (χ3v) is 2.34. The van der Waals surface area contributed by atoms with Crippen LogP contribution in [0.15, 0.2) is 43.0 Å².